The third-order valence-electron chi connectivity index (χ3n) is 5.71. The molecule has 0 bridgehead atoms. The maximum absolute atomic E-state index is 12.1. The third kappa shape index (κ3) is 5.60. The van der Waals surface area contributed by atoms with Crippen LogP contribution in [0.4, 0.5) is 5.82 Å². The highest BCUT2D eigenvalue weighted by Gasteiger charge is 2.54. The molecule has 0 radical (unpaired) electrons. The number of carbonyl (C=O) groups excluding carboxylic acids is 1. The number of aliphatic hydroxyl groups is 2. The smallest absolute Gasteiger partial charge is 0.323 e. The number of anilines is 1. The van der Waals surface area contributed by atoms with E-state index in [1.807, 2.05) is 18.2 Å². The first-order valence-electron chi connectivity index (χ1n) is 11.3. The number of nitrogen functional groups attached to an aromatic ring is 1. The molecule has 1 aliphatic rings. The van der Waals surface area contributed by atoms with Gasteiger partial charge in [-0.2, -0.15) is 0 Å². The highest BCUT2D eigenvalue weighted by Crippen LogP contribution is 2.47. The number of nitrogens with zero attached hydrogens (tertiary/aromatic N) is 2. The van der Waals surface area contributed by atoms with Crippen LogP contribution < -0.4 is 15.3 Å². The number of rotatable bonds is 10. The van der Waals surface area contributed by atoms with Gasteiger partial charge in [0.1, 0.15) is 47.8 Å². The van der Waals surface area contributed by atoms with Gasteiger partial charge in [-0.25, -0.2) is 15.1 Å². The van der Waals surface area contributed by atoms with Crippen LogP contribution in [0.3, 0.4) is 0 Å². The van der Waals surface area contributed by atoms with Gasteiger partial charge < -0.3 is 34.5 Å². The van der Waals surface area contributed by atoms with Gasteiger partial charge in [-0.1, -0.05) is 18.2 Å². The lowest BCUT2D eigenvalue weighted by atomic mass is 9.92. The molecule has 1 aromatic carbocycles. The SMILES string of the molecule is CCOC(=O)C(C)NP(OCC1OC(c2scc3c(N)ncnc23)C(C)(O)C1O)Oc1ccccc1. The van der Waals surface area contributed by atoms with Crippen molar-refractivity contribution in [2.24, 2.45) is 0 Å². The molecule has 6 unspecified atom stereocenters. The quantitative estimate of drug-likeness (QED) is 0.223. The zero-order chi connectivity index (χ0) is 25.9. The fourth-order valence-corrected chi connectivity index (χ4v) is 6.11. The molecular weight excluding hydrogens is 507 g/mol. The van der Waals surface area contributed by atoms with Crippen LogP contribution in [0.1, 0.15) is 31.8 Å². The van der Waals surface area contributed by atoms with Crippen LogP contribution in [0, 0.1) is 0 Å². The van der Waals surface area contributed by atoms with Crippen LogP contribution in [0.2, 0.25) is 0 Å². The highest BCUT2D eigenvalue weighted by atomic mass is 32.1. The van der Waals surface area contributed by atoms with Gasteiger partial charge in [0.25, 0.3) is 0 Å². The minimum Gasteiger partial charge on any atom is -0.465 e. The van der Waals surface area contributed by atoms with Crippen molar-refractivity contribution < 1.29 is 33.5 Å². The molecule has 2 aromatic heterocycles. The molecule has 0 spiro atoms. The number of fused-ring (bicyclic) bond motifs is 1. The van der Waals surface area contributed by atoms with Crippen LogP contribution >= 0.6 is 19.9 Å². The predicted molar refractivity (Wildman–Crippen MR) is 135 cm³/mol. The van der Waals surface area contributed by atoms with Gasteiger partial charge in [0.15, 0.2) is 0 Å². The molecule has 0 aliphatic carbocycles. The third-order valence-corrected chi connectivity index (χ3v) is 8.08. The molecule has 1 aliphatic heterocycles. The van der Waals surface area contributed by atoms with E-state index in [2.05, 4.69) is 15.1 Å². The van der Waals surface area contributed by atoms with Crippen LogP contribution in [-0.4, -0.2) is 63.2 Å². The van der Waals surface area contributed by atoms with E-state index in [0.717, 1.165) is 0 Å². The summed E-state index contributed by atoms with van der Waals surface area (Å²) in [5.74, 6) is 0.412. The molecule has 6 atom stereocenters. The van der Waals surface area contributed by atoms with E-state index >= 15 is 0 Å². The minimum absolute atomic E-state index is 0.116. The molecule has 0 saturated carbocycles. The summed E-state index contributed by atoms with van der Waals surface area (Å²) in [7, 11) is -1.84. The molecule has 3 aromatic rings. The second-order valence-corrected chi connectivity index (χ2v) is 10.5. The van der Waals surface area contributed by atoms with E-state index in [9.17, 15) is 15.0 Å². The Morgan fingerprint density at radius 2 is 2.11 bits per heavy atom. The lowest BCUT2D eigenvalue weighted by Crippen LogP contribution is -2.43. The number of hydrogen-bond acceptors (Lipinski definition) is 12. The normalized spacial score (nSPS) is 25.5. The Morgan fingerprint density at radius 1 is 1.36 bits per heavy atom. The molecule has 36 heavy (non-hydrogen) atoms. The topological polar surface area (TPSA) is 158 Å². The van der Waals surface area contributed by atoms with Crippen LogP contribution in [0.25, 0.3) is 10.9 Å². The number of para-hydroxylation sites is 1. The lowest BCUT2D eigenvalue weighted by Gasteiger charge is -2.26. The number of hydrogen-bond donors (Lipinski definition) is 4. The highest BCUT2D eigenvalue weighted by molar-refractivity contribution is 7.45. The lowest BCUT2D eigenvalue weighted by molar-refractivity contribution is -0.144. The second-order valence-electron chi connectivity index (χ2n) is 8.41. The van der Waals surface area contributed by atoms with E-state index < -0.39 is 44.5 Å². The average Bonchev–Trinajstić information content (AvgIpc) is 3.38. The number of aliphatic hydroxyl groups excluding tert-OH is 1. The van der Waals surface area contributed by atoms with Crippen LogP contribution in [-0.2, 0) is 18.8 Å². The number of benzene rings is 1. The second kappa shape index (κ2) is 11.3. The number of aromatic nitrogens is 2. The molecule has 1 fully saturated rings. The van der Waals surface area contributed by atoms with E-state index in [-0.39, 0.29) is 13.2 Å². The van der Waals surface area contributed by atoms with Gasteiger partial charge in [0, 0.05) is 5.38 Å². The zero-order valence-corrected chi connectivity index (χ0v) is 21.7. The number of esters is 1. The van der Waals surface area contributed by atoms with Gasteiger partial charge >= 0.3 is 14.5 Å². The van der Waals surface area contributed by atoms with Crippen molar-refractivity contribution in [3.05, 3.63) is 46.9 Å². The molecule has 3 heterocycles. The Bertz CT molecular complexity index is 1180. The largest absolute Gasteiger partial charge is 0.465 e. The molecule has 194 valence electrons. The molecule has 4 rings (SSSR count). The summed E-state index contributed by atoms with van der Waals surface area (Å²) in [6, 6.07) is 8.28. The summed E-state index contributed by atoms with van der Waals surface area (Å²) in [4.78, 5) is 21.0. The summed E-state index contributed by atoms with van der Waals surface area (Å²) < 4.78 is 23.0. The van der Waals surface area contributed by atoms with Crippen LogP contribution in [0.5, 0.6) is 5.75 Å². The Morgan fingerprint density at radius 3 is 2.83 bits per heavy atom. The number of carbonyl (C=O) groups is 1. The maximum Gasteiger partial charge on any atom is 0.323 e. The summed E-state index contributed by atoms with van der Waals surface area (Å²) in [5.41, 5.74) is 4.88. The van der Waals surface area contributed by atoms with Crippen molar-refractivity contribution in [1.29, 1.82) is 0 Å². The number of nitrogens with one attached hydrogen (secondary N) is 1. The monoisotopic (exact) mass is 536 g/mol. The van der Waals surface area contributed by atoms with E-state index in [4.69, 9.17) is 24.3 Å². The number of nitrogens with two attached hydrogens (primary N) is 1. The number of ether oxygens (including phenoxy) is 2. The Hall–Kier alpha value is -2.44. The summed E-state index contributed by atoms with van der Waals surface area (Å²) >= 11 is 1.32. The summed E-state index contributed by atoms with van der Waals surface area (Å²) in [5, 5.41) is 27.5. The molecule has 0 amide bonds. The average molecular weight is 537 g/mol. The molecular formula is C23H29N4O7PS. The zero-order valence-electron chi connectivity index (χ0n) is 20.0. The summed E-state index contributed by atoms with van der Waals surface area (Å²) in [6.07, 6.45) is -1.68. The fourth-order valence-electron chi connectivity index (χ4n) is 3.75. The van der Waals surface area contributed by atoms with Gasteiger partial charge in [0.05, 0.1) is 29.0 Å². The first-order chi connectivity index (χ1) is 17.2. The van der Waals surface area contributed by atoms with Gasteiger partial charge in [0.2, 0.25) is 0 Å². The van der Waals surface area contributed by atoms with Crippen molar-refractivity contribution in [2.45, 2.75) is 50.7 Å². The molecule has 13 heteroatoms. The van der Waals surface area contributed by atoms with Crippen molar-refractivity contribution in [1.82, 2.24) is 15.1 Å². The van der Waals surface area contributed by atoms with Gasteiger partial charge in [-0.15, -0.1) is 11.3 Å². The Kier molecular flexibility index (Phi) is 8.36. The van der Waals surface area contributed by atoms with Crippen molar-refractivity contribution in [3.8, 4) is 5.75 Å². The van der Waals surface area contributed by atoms with E-state index in [1.54, 1.807) is 31.4 Å². The number of thiophene rings is 1. The van der Waals surface area contributed by atoms with Crippen molar-refractivity contribution in [3.63, 3.8) is 0 Å². The predicted octanol–water partition coefficient (Wildman–Crippen LogP) is 2.69. The van der Waals surface area contributed by atoms with Gasteiger partial charge in [-0.3, -0.25) is 4.79 Å². The standard InChI is InChI=1S/C23H29N4O7PS/c1-4-31-22(29)13(2)27-35(34-14-8-6-5-7-9-14)32-10-16-19(28)23(3,30)20(33-16)18-17-15(11-36-18)21(24)26-12-25-17/h5-9,11-13,16,19-20,27-28,30H,4,10H2,1-3H3,(H2,24,25,26). The maximum atomic E-state index is 12.1. The van der Waals surface area contributed by atoms with Crippen molar-refractivity contribution >= 4 is 42.6 Å². The summed E-state index contributed by atoms with van der Waals surface area (Å²) in [6.45, 7) is 5.00. The molecule has 11 nitrogen and oxygen atoms in total. The first kappa shape index (κ1) is 26.6. The fraction of sp³-hybridized carbons (Fsp3) is 0.435. The van der Waals surface area contributed by atoms with Gasteiger partial charge in [-0.05, 0) is 32.9 Å². The first-order valence-corrected chi connectivity index (χ1v) is 13.4. The minimum atomic E-state index is -1.84. The Labute approximate surface area is 213 Å². The molecule has 1 saturated heterocycles. The Balaban J connectivity index is 1.49. The van der Waals surface area contributed by atoms with Crippen molar-refractivity contribution in [2.75, 3.05) is 18.9 Å². The van der Waals surface area contributed by atoms with Crippen LogP contribution in [0.15, 0.2) is 42.0 Å². The molecule has 5 N–H and O–H groups in total. The van der Waals surface area contributed by atoms with E-state index in [0.29, 0.717) is 27.3 Å². The van der Waals surface area contributed by atoms with E-state index in [1.165, 1.54) is 24.6 Å².